The molecule has 2 N–H and O–H groups in total. The fourth-order valence-electron chi connectivity index (χ4n) is 2.07. The summed E-state index contributed by atoms with van der Waals surface area (Å²) < 4.78 is 5.06. The minimum absolute atomic E-state index is 0.319. The van der Waals surface area contributed by atoms with Gasteiger partial charge in [0.05, 0.1) is 5.69 Å². The van der Waals surface area contributed by atoms with Gasteiger partial charge in [-0.2, -0.15) is 4.98 Å². The van der Waals surface area contributed by atoms with Crippen LogP contribution in [-0.4, -0.2) is 36.3 Å². The van der Waals surface area contributed by atoms with Gasteiger partial charge in [0.2, 0.25) is 5.95 Å². The van der Waals surface area contributed by atoms with Crippen molar-refractivity contribution in [3.8, 4) is 11.3 Å². The summed E-state index contributed by atoms with van der Waals surface area (Å²) in [6.07, 6.45) is 0.919. The Morgan fingerprint density at radius 1 is 1.14 bits per heavy atom. The minimum Gasteiger partial charge on any atom is -0.385 e. The second-order valence-corrected chi connectivity index (χ2v) is 5.40. The SMILES string of the molecule is COCCCNc1nc(NC(C)C)cc(-c2ccccc2)n1. The lowest BCUT2D eigenvalue weighted by Gasteiger charge is -2.13. The van der Waals surface area contributed by atoms with Crippen molar-refractivity contribution in [2.24, 2.45) is 0 Å². The van der Waals surface area contributed by atoms with E-state index in [1.807, 2.05) is 24.3 Å². The Labute approximate surface area is 132 Å². The normalized spacial score (nSPS) is 10.7. The highest BCUT2D eigenvalue weighted by molar-refractivity contribution is 5.64. The molecule has 0 unspecified atom stereocenters. The Hall–Kier alpha value is -2.14. The second-order valence-electron chi connectivity index (χ2n) is 5.40. The summed E-state index contributed by atoms with van der Waals surface area (Å²) in [4.78, 5) is 9.13. The number of nitrogens with zero attached hydrogens (tertiary/aromatic N) is 2. The van der Waals surface area contributed by atoms with Crippen LogP contribution in [0.3, 0.4) is 0 Å². The molecule has 0 spiro atoms. The van der Waals surface area contributed by atoms with Gasteiger partial charge in [-0.3, -0.25) is 0 Å². The van der Waals surface area contributed by atoms with Crippen LogP contribution in [0.15, 0.2) is 36.4 Å². The van der Waals surface area contributed by atoms with E-state index < -0.39 is 0 Å². The van der Waals surface area contributed by atoms with Crippen LogP contribution in [0.2, 0.25) is 0 Å². The number of ether oxygens (including phenoxy) is 1. The zero-order valence-electron chi connectivity index (χ0n) is 13.5. The first kappa shape index (κ1) is 16.2. The summed E-state index contributed by atoms with van der Waals surface area (Å²) >= 11 is 0. The number of rotatable bonds is 8. The zero-order chi connectivity index (χ0) is 15.8. The summed E-state index contributed by atoms with van der Waals surface area (Å²) in [5, 5.41) is 6.60. The summed E-state index contributed by atoms with van der Waals surface area (Å²) in [6, 6.07) is 12.4. The predicted octanol–water partition coefficient (Wildman–Crippen LogP) is 3.41. The fourth-order valence-corrected chi connectivity index (χ4v) is 2.07. The van der Waals surface area contributed by atoms with E-state index in [0.717, 1.165) is 36.6 Å². The third-order valence-corrected chi connectivity index (χ3v) is 3.04. The van der Waals surface area contributed by atoms with Crippen molar-refractivity contribution in [2.45, 2.75) is 26.3 Å². The molecule has 1 aromatic heterocycles. The van der Waals surface area contributed by atoms with Crippen LogP contribution in [0.25, 0.3) is 11.3 Å². The second kappa shape index (κ2) is 8.34. The van der Waals surface area contributed by atoms with Crippen LogP contribution in [0.4, 0.5) is 11.8 Å². The summed E-state index contributed by atoms with van der Waals surface area (Å²) in [6.45, 7) is 5.70. The van der Waals surface area contributed by atoms with E-state index in [0.29, 0.717) is 12.0 Å². The smallest absolute Gasteiger partial charge is 0.225 e. The van der Waals surface area contributed by atoms with Crippen molar-refractivity contribution < 1.29 is 4.74 Å². The van der Waals surface area contributed by atoms with E-state index in [1.54, 1.807) is 7.11 Å². The third-order valence-electron chi connectivity index (χ3n) is 3.04. The molecular weight excluding hydrogens is 276 g/mol. The third kappa shape index (κ3) is 5.00. The maximum Gasteiger partial charge on any atom is 0.225 e. The Balaban J connectivity index is 2.21. The lowest BCUT2D eigenvalue weighted by Crippen LogP contribution is -2.14. The Bertz CT molecular complexity index is 572. The fraction of sp³-hybridized carbons (Fsp3) is 0.412. The molecule has 0 saturated carbocycles. The molecule has 0 atom stereocenters. The number of hydrogen-bond acceptors (Lipinski definition) is 5. The molecule has 1 aromatic carbocycles. The lowest BCUT2D eigenvalue weighted by atomic mass is 10.1. The highest BCUT2D eigenvalue weighted by atomic mass is 16.5. The number of anilines is 2. The molecule has 0 aliphatic rings. The van der Waals surface area contributed by atoms with E-state index in [9.17, 15) is 0 Å². The van der Waals surface area contributed by atoms with E-state index in [1.165, 1.54) is 0 Å². The first-order chi connectivity index (χ1) is 10.7. The summed E-state index contributed by atoms with van der Waals surface area (Å²) in [5.74, 6) is 1.47. The Kier molecular flexibility index (Phi) is 6.15. The molecule has 0 amide bonds. The maximum absolute atomic E-state index is 5.06. The number of aromatic nitrogens is 2. The molecule has 0 aliphatic heterocycles. The molecule has 5 nitrogen and oxygen atoms in total. The highest BCUT2D eigenvalue weighted by Gasteiger charge is 2.07. The van der Waals surface area contributed by atoms with Crippen LogP contribution in [-0.2, 0) is 4.74 Å². The first-order valence-corrected chi connectivity index (χ1v) is 7.63. The predicted molar refractivity (Wildman–Crippen MR) is 91.2 cm³/mol. The number of nitrogens with one attached hydrogen (secondary N) is 2. The van der Waals surface area contributed by atoms with Gasteiger partial charge in [0.1, 0.15) is 5.82 Å². The monoisotopic (exact) mass is 300 g/mol. The average molecular weight is 300 g/mol. The van der Waals surface area contributed by atoms with Crippen molar-refractivity contribution in [1.82, 2.24) is 9.97 Å². The zero-order valence-corrected chi connectivity index (χ0v) is 13.5. The van der Waals surface area contributed by atoms with E-state index in [4.69, 9.17) is 4.74 Å². The summed E-state index contributed by atoms with van der Waals surface area (Å²) in [5.41, 5.74) is 1.99. The van der Waals surface area contributed by atoms with Gasteiger partial charge in [-0.25, -0.2) is 4.98 Å². The van der Waals surface area contributed by atoms with Crippen LogP contribution >= 0.6 is 0 Å². The lowest BCUT2D eigenvalue weighted by molar-refractivity contribution is 0.197. The van der Waals surface area contributed by atoms with Gasteiger partial charge >= 0.3 is 0 Å². The molecule has 2 aromatic rings. The number of benzene rings is 1. The van der Waals surface area contributed by atoms with Crippen LogP contribution in [0.5, 0.6) is 0 Å². The molecule has 0 aliphatic carbocycles. The molecule has 22 heavy (non-hydrogen) atoms. The standard InChI is InChI=1S/C17H24N4O/c1-13(2)19-16-12-15(14-8-5-4-6-9-14)20-17(21-16)18-10-7-11-22-3/h4-6,8-9,12-13H,7,10-11H2,1-3H3,(H2,18,19,20,21). The van der Waals surface area contributed by atoms with Crippen molar-refractivity contribution >= 4 is 11.8 Å². The minimum atomic E-state index is 0.319. The number of methoxy groups -OCH3 is 1. The topological polar surface area (TPSA) is 59.1 Å². The maximum atomic E-state index is 5.06. The molecule has 0 radical (unpaired) electrons. The average Bonchev–Trinajstić information content (AvgIpc) is 2.52. The van der Waals surface area contributed by atoms with Gasteiger partial charge in [0.25, 0.3) is 0 Å². The molecule has 2 rings (SSSR count). The first-order valence-electron chi connectivity index (χ1n) is 7.63. The van der Waals surface area contributed by atoms with Crippen molar-refractivity contribution in [2.75, 3.05) is 30.9 Å². The highest BCUT2D eigenvalue weighted by Crippen LogP contribution is 2.21. The van der Waals surface area contributed by atoms with E-state index >= 15 is 0 Å². The van der Waals surface area contributed by atoms with Gasteiger partial charge in [-0.15, -0.1) is 0 Å². The van der Waals surface area contributed by atoms with Crippen molar-refractivity contribution in [3.05, 3.63) is 36.4 Å². The Morgan fingerprint density at radius 3 is 2.59 bits per heavy atom. The quantitative estimate of drug-likeness (QED) is 0.732. The summed E-state index contributed by atoms with van der Waals surface area (Å²) in [7, 11) is 1.71. The molecule has 118 valence electrons. The van der Waals surface area contributed by atoms with Gasteiger partial charge in [0, 0.05) is 37.9 Å². The van der Waals surface area contributed by atoms with E-state index in [-0.39, 0.29) is 0 Å². The van der Waals surface area contributed by atoms with Crippen molar-refractivity contribution in [3.63, 3.8) is 0 Å². The van der Waals surface area contributed by atoms with Gasteiger partial charge in [-0.05, 0) is 20.3 Å². The molecule has 0 fully saturated rings. The van der Waals surface area contributed by atoms with Crippen molar-refractivity contribution in [1.29, 1.82) is 0 Å². The van der Waals surface area contributed by atoms with Gasteiger partial charge in [0.15, 0.2) is 0 Å². The largest absolute Gasteiger partial charge is 0.385 e. The Morgan fingerprint density at radius 2 is 1.91 bits per heavy atom. The van der Waals surface area contributed by atoms with Crippen LogP contribution in [0.1, 0.15) is 20.3 Å². The van der Waals surface area contributed by atoms with Gasteiger partial charge in [-0.1, -0.05) is 30.3 Å². The van der Waals surface area contributed by atoms with E-state index in [2.05, 4.69) is 46.6 Å². The molecule has 5 heteroatoms. The van der Waals surface area contributed by atoms with Crippen LogP contribution < -0.4 is 10.6 Å². The molecule has 0 saturated heterocycles. The van der Waals surface area contributed by atoms with Crippen LogP contribution in [0, 0.1) is 0 Å². The number of hydrogen-bond donors (Lipinski definition) is 2. The molecular formula is C17H24N4O. The van der Waals surface area contributed by atoms with Gasteiger partial charge < -0.3 is 15.4 Å². The molecule has 1 heterocycles. The molecule has 0 bridgehead atoms.